The molecular weight excluding hydrogens is 226 g/mol. The van der Waals surface area contributed by atoms with E-state index < -0.39 is 0 Å². The van der Waals surface area contributed by atoms with Crippen LogP contribution in [0.1, 0.15) is 11.3 Å². The minimum atomic E-state index is 0.212. The van der Waals surface area contributed by atoms with Crippen LogP contribution in [-0.4, -0.2) is 16.7 Å². The molecule has 0 spiro atoms. The third kappa shape index (κ3) is 2.30. The zero-order chi connectivity index (χ0) is 12.4. The zero-order valence-corrected chi connectivity index (χ0v) is 10.0. The van der Waals surface area contributed by atoms with Crippen LogP contribution in [0.2, 0.25) is 0 Å². The molecule has 1 aliphatic rings. The van der Waals surface area contributed by atoms with Gasteiger partial charge in [0, 0.05) is 11.6 Å². The van der Waals surface area contributed by atoms with Crippen molar-refractivity contribution in [2.45, 2.75) is 12.8 Å². The van der Waals surface area contributed by atoms with Gasteiger partial charge in [0.2, 0.25) is 0 Å². The molecule has 0 saturated carbocycles. The first-order valence-electron chi connectivity index (χ1n) is 6.16. The van der Waals surface area contributed by atoms with E-state index in [2.05, 4.69) is 11.1 Å². The van der Waals surface area contributed by atoms with E-state index in [0.29, 0.717) is 5.92 Å². The lowest BCUT2D eigenvalue weighted by atomic mass is 9.93. The van der Waals surface area contributed by atoms with Crippen LogP contribution in [0, 0.1) is 5.92 Å². The maximum atomic E-state index is 9.21. The number of benzene rings is 1. The quantitative estimate of drug-likeness (QED) is 0.878. The molecule has 3 nitrogen and oxygen atoms in total. The summed E-state index contributed by atoms with van der Waals surface area (Å²) in [5, 5.41) is 9.21. The Morgan fingerprint density at radius 1 is 1.22 bits per heavy atom. The SMILES string of the molecule is Oc1ccc(CC2COc3ccccc3C2)nc1. The van der Waals surface area contributed by atoms with Crippen molar-refractivity contribution in [3.8, 4) is 11.5 Å². The Labute approximate surface area is 106 Å². The largest absolute Gasteiger partial charge is 0.506 e. The van der Waals surface area contributed by atoms with Gasteiger partial charge >= 0.3 is 0 Å². The van der Waals surface area contributed by atoms with Gasteiger partial charge in [0.05, 0.1) is 12.8 Å². The van der Waals surface area contributed by atoms with Crippen molar-refractivity contribution in [1.82, 2.24) is 4.98 Å². The van der Waals surface area contributed by atoms with E-state index in [9.17, 15) is 5.11 Å². The Kier molecular flexibility index (Phi) is 2.89. The fourth-order valence-electron chi connectivity index (χ4n) is 2.36. The minimum absolute atomic E-state index is 0.212. The summed E-state index contributed by atoms with van der Waals surface area (Å²) in [5.74, 6) is 1.67. The van der Waals surface area contributed by atoms with E-state index in [4.69, 9.17) is 4.74 Å². The summed E-state index contributed by atoms with van der Waals surface area (Å²) in [7, 11) is 0. The molecule has 1 aromatic carbocycles. The van der Waals surface area contributed by atoms with Crippen molar-refractivity contribution in [3.63, 3.8) is 0 Å². The standard InChI is InChI=1S/C15H15NO2/c17-14-6-5-13(16-9-14)8-11-7-12-3-1-2-4-15(12)18-10-11/h1-6,9,11,17H,7-8,10H2. The van der Waals surface area contributed by atoms with Crippen molar-refractivity contribution in [1.29, 1.82) is 0 Å². The van der Waals surface area contributed by atoms with Crippen LogP contribution >= 0.6 is 0 Å². The third-order valence-corrected chi connectivity index (χ3v) is 3.26. The third-order valence-electron chi connectivity index (χ3n) is 3.26. The molecule has 0 bridgehead atoms. The average Bonchev–Trinajstić information content (AvgIpc) is 2.41. The second-order valence-corrected chi connectivity index (χ2v) is 4.70. The second-order valence-electron chi connectivity index (χ2n) is 4.70. The molecule has 1 atom stereocenters. The smallest absolute Gasteiger partial charge is 0.133 e. The Morgan fingerprint density at radius 3 is 2.94 bits per heavy atom. The topological polar surface area (TPSA) is 42.4 Å². The summed E-state index contributed by atoms with van der Waals surface area (Å²) in [6.07, 6.45) is 3.40. The van der Waals surface area contributed by atoms with E-state index in [1.807, 2.05) is 24.3 Å². The molecule has 92 valence electrons. The van der Waals surface area contributed by atoms with Gasteiger partial charge in [-0.05, 0) is 36.6 Å². The molecule has 0 saturated heterocycles. The van der Waals surface area contributed by atoms with E-state index >= 15 is 0 Å². The van der Waals surface area contributed by atoms with Gasteiger partial charge in [0.1, 0.15) is 11.5 Å². The first kappa shape index (κ1) is 11.1. The number of para-hydroxylation sites is 1. The highest BCUT2D eigenvalue weighted by molar-refractivity contribution is 5.35. The number of fused-ring (bicyclic) bond motifs is 1. The molecule has 3 heteroatoms. The summed E-state index contributed by atoms with van der Waals surface area (Å²) in [5.41, 5.74) is 2.27. The molecule has 1 unspecified atom stereocenters. The Hall–Kier alpha value is -2.03. The van der Waals surface area contributed by atoms with Crippen LogP contribution in [0.15, 0.2) is 42.6 Å². The number of aromatic nitrogens is 1. The summed E-state index contributed by atoms with van der Waals surface area (Å²) in [4.78, 5) is 4.22. The highest BCUT2D eigenvalue weighted by Crippen LogP contribution is 2.28. The molecule has 0 radical (unpaired) electrons. The molecule has 0 aliphatic carbocycles. The molecule has 0 amide bonds. The lowest BCUT2D eigenvalue weighted by molar-refractivity contribution is 0.220. The molecule has 1 N–H and O–H groups in total. The molecular formula is C15H15NO2. The number of aromatic hydroxyl groups is 1. The number of hydrogen-bond donors (Lipinski definition) is 1. The Balaban J connectivity index is 1.71. The summed E-state index contributed by atoms with van der Waals surface area (Å²) in [6.45, 7) is 0.736. The van der Waals surface area contributed by atoms with Crippen molar-refractivity contribution in [2.75, 3.05) is 6.61 Å². The minimum Gasteiger partial charge on any atom is -0.506 e. The first-order chi connectivity index (χ1) is 8.81. The van der Waals surface area contributed by atoms with Gasteiger partial charge in [0.15, 0.2) is 0 Å². The number of rotatable bonds is 2. The molecule has 2 aromatic rings. The van der Waals surface area contributed by atoms with Gasteiger partial charge in [-0.2, -0.15) is 0 Å². The number of hydrogen-bond acceptors (Lipinski definition) is 3. The number of nitrogens with zero attached hydrogens (tertiary/aromatic N) is 1. The first-order valence-corrected chi connectivity index (χ1v) is 6.16. The highest BCUT2D eigenvalue weighted by atomic mass is 16.5. The number of ether oxygens (including phenoxy) is 1. The molecule has 0 fully saturated rings. The normalized spacial score (nSPS) is 17.9. The van der Waals surface area contributed by atoms with Gasteiger partial charge in [-0.1, -0.05) is 18.2 Å². The molecule has 1 aliphatic heterocycles. The summed E-state index contributed by atoms with van der Waals surface area (Å²) in [6, 6.07) is 11.7. The molecule has 18 heavy (non-hydrogen) atoms. The highest BCUT2D eigenvalue weighted by Gasteiger charge is 2.20. The Morgan fingerprint density at radius 2 is 2.11 bits per heavy atom. The van der Waals surface area contributed by atoms with E-state index in [1.54, 1.807) is 6.07 Å². The van der Waals surface area contributed by atoms with Crippen molar-refractivity contribution in [3.05, 3.63) is 53.9 Å². The van der Waals surface area contributed by atoms with Crippen LogP contribution in [0.4, 0.5) is 0 Å². The predicted octanol–water partition coefficient (Wildman–Crippen LogP) is 2.58. The van der Waals surface area contributed by atoms with Crippen LogP contribution in [0.25, 0.3) is 0 Å². The average molecular weight is 241 g/mol. The number of pyridine rings is 1. The van der Waals surface area contributed by atoms with Gasteiger partial charge in [-0.15, -0.1) is 0 Å². The van der Waals surface area contributed by atoms with Gasteiger partial charge < -0.3 is 9.84 Å². The van der Waals surface area contributed by atoms with Gasteiger partial charge in [-0.25, -0.2) is 0 Å². The monoisotopic (exact) mass is 241 g/mol. The molecule has 2 heterocycles. The van der Waals surface area contributed by atoms with Crippen LogP contribution in [0.5, 0.6) is 11.5 Å². The van der Waals surface area contributed by atoms with E-state index in [0.717, 1.165) is 30.9 Å². The van der Waals surface area contributed by atoms with Gasteiger partial charge in [0.25, 0.3) is 0 Å². The van der Waals surface area contributed by atoms with E-state index in [1.165, 1.54) is 11.8 Å². The van der Waals surface area contributed by atoms with Crippen molar-refractivity contribution < 1.29 is 9.84 Å². The second kappa shape index (κ2) is 4.69. The fourth-order valence-corrected chi connectivity index (χ4v) is 2.36. The maximum absolute atomic E-state index is 9.21. The lowest BCUT2D eigenvalue weighted by Crippen LogP contribution is -2.23. The van der Waals surface area contributed by atoms with Crippen molar-refractivity contribution >= 4 is 0 Å². The van der Waals surface area contributed by atoms with E-state index in [-0.39, 0.29) is 5.75 Å². The molecule has 3 rings (SSSR count). The predicted molar refractivity (Wildman–Crippen MR) is 68.7 cm³/mol. The maximum Gasteiger partial charge on any atom is 0.133 e. The Bertz CT molecular complexity index is 536. The van der Waals surface area contributed by atoms with Crippen LogP contribution in [-0.2, 0) is 12.8 Å². The fraction of sp³-hybridized carbons (Fsp3) is 0.267. The van der Waals surface area contributed by atoms with Crippen LogP contribution < -0.4 is 4.74 Å². The summed E-state index contributed by atoms with van der Waals surface area (Å²) >= 11 is 0. The summed E-state index contributed by atoms with van der Waals surface area (Å²) < 4.78 is 5.75. The lowest BCUT2D eigenvalue weighted by Gasteiger charge is -2.24. The molecule has 1 aromatic heterocycles. The van der Waals surface area contributed by atoms with Gasteiger partial charge in [-0.3, -0.25) is 4.98 Å². The van der Waals surface area contributed by atoms with Crippen molar-refractivity contribution in [2.24, 2.45) is 5.92 Å². The zero-order valence-electron chi connectivity index (χ0n) is 10.0. The van der Waals surface area contributed by atoms with Crippen LogP contribution in [0.3, 0.4) is 0 Å².